The number of rotatable bonds is 5. The molecule has 4 aliphatic heterocycles. The van der Waals surface area contributed by atoms with Crippen LogP contribution in [0.2, 0.25) is 0 Å². The van der Waals surface area contributed by atoms with Gasteiger partial charge in [-0.05, 0) is 81.7 Å². The quantitative estimate of drug-likeness (QED) is 0.431. The second-order valence-corrected chi connectivity index (χ2v) is 11.8. The van der Waals surface area contributed by atoms with Gasteiger partial charge < -0.3 is 14.8 Å². The number of hydrogen-bond donors (Lipinski definition) is 1. The summed E-state index contributed by atoms with van der Waals surface area (Å²) < 4.78 is 13.2. The molecule has 0 aromatic heterocycles. The second-order valence-electron chi connectivity index (χ2n) is 10.9. The second kappa shape index (κ2) is 8.52. The number of hydrogen-bond acceptors (Lipinski definition) is 6. The number of anilines is 1. The van der Waals surface area contributed by atoms with Crippen molar-refractivity contribution in [2.45, 2.75) is 94.4 Å². The van der Waals surface area contributed by atoms with E-state index >= 15 is 0 Å². The van der Waals surface area contributed by atoms with E-state index in [2.05, 4.69) is 26.1 Å². The highest BCUT2D eigenvalue weighted by Crippen LogP contribution is 2.62. The van der Waals surface area contributed by atoms with Crippen molar-refractivity contribution in [3.8, 4) is 0 Å². The Hall–Kier alpha value is -1.12. The third kappa shape index (κ3) is 3.94. The van der Waals surface area contributed by atoms with Crippen molar-refractivity contribution in [3.05, 3.63) is 24.3 Å². The summed E-state index contributed by atoms with van der Waals surface area (Å²) in [5.74, 6) is 0.607. The Kier molecular flexibility index (Phi) is 6.10. The molecule has 1 aromatic rings. The molecule has 33 heavy (non-hydrogen) atoms. The van der Waals surface area contributed by atoms with Gasteiger partial charge in [0.15, 0.2) is 11.9 Å². The van der Waals surface area contributed by atoms with Crippen LogP contribution in [0.25, 0.3) is 0 Å². The summed E-state index contributed by atoms with van der Waals surface area (Å²) in [6, 6.07) is 7.95. The van der Waals surface area contributed by atoms with E-state index in [0.717, 1.165) is 29.8 Å². The maximum Gasteiger partial charge on any atom is 0.224 e. The largest absolute Gasteiger partial charge is 0.343 e. The third-order valence-electron chi connectivity index (χ3n) is 8.92. The van der Waals surface area contributed by atoms with Crippen LogP contribution in [-0.2, 0) is 24.0 Å². The molecule has 1 spiro atoms. The molecule has 1 N–H and O–H groups in total. The summed E-state index contributed by atoms with van der Waals surface area (Å²) in [5.41, 5.74) is -0.206. The summed E-state index contributed by atoms with van der Waals surface area (Å²) in [6.45, 7) is 8.67. The number of ether oxygens (including phenoxy) is 2. The van der Waals surface area contributed by atoms with Gasteiger partial charge >= 0.3 is 0 Å². The van der Waals surface area contributed by atoms with Crippen LogP contribution in [0.15, 0.2) is 29.2 Å². The third-order valence-corrected chi connectivity index (χ3v) is 9.65. The molecule has 1 saturated carbocycles. The summed E-state index contributed by atoms with van der Waals surface area (Å²) in [7, 11) is 0. The molecular weight excluding hydrogens is 438 g/mol. The highest BCUT2D eigenvalue weighted by Gasteiger charge is 2.70. The topological polar surface area (TPSA) is 66.0 Å². The van der Waals surface area contributed by atoms with E-state index in [4.69, 9.17) is 19.2 Å². The number of benzene rings is 1. The molecule has 2 bridgehead atoms. The lowest BCUT2D eigenvalue weighted by atomic mass is 9.55. The van der Waals surface area contributed by atoms with Gasteiger partial charge in [-0.2, -0.15) is 0 Å². The van der Waals surface area contributed by atoms with Crippen molar-refractivity contribution >= 4 is 23.4 Å². The summed E-state index contributed by atoms with van der Waals surface area (Å²) in [4.78, 5) is 26.1. The fourth-order valence-electron chi connectivity index (χ4n) is 6.74. The molecule has 0 radical (unpaired) electrons. The fourth-order valence-corrected chi connectivity index (χ4v) is 7.19. The average Bonchev–Trinajstić information content (AvgIpc) is 3.02. The first-order valence-corrected chi connectivity index (χ1v) is 13.6. The summed E-state index contributed by atoms with van der Waals surface area (Å²) >= 11 is 1.66. The van der Waals surface area contributed by atoms with E-state index in [1.54, 1.807) is 11.8 Å². The molecule has 6 rings (SSSR count). The van der Waals surface area contributed by atoms with Crippen molar-refractivity contribution < 1.29 is 24.0 Å². The number of fused-ring (bicyclic) bond motifs is 2. The lowest BCUT2D eigenvalue weighted by Gasteiger charge is -2.63. The van der Waals surface area contributed by atoms with Gasteiger partial charge in [0.25, 0.3) is 0 Å². The zero-order valence-electron chi connectivity index (χ0n) is 20.4. The maximum atomic E-state index is 12.8. The predicted molar refractivity (Wildman–Crippen MR) is 128 cm³/mol. The molecule has 8 atom stereocenters. The van der Waals surface area contributed by atoms with E-state index in [9.17, 15) is 4.79 Å². The SMILES string of the molecule is CSc1cccc(NC(=O)CCC2(C)O[C@@H]3O[C@]4(C)CC[C@H]5[C@H](C)CC[C@@H]([C@H]2C)[C@@]35OO4)c1. The Morgan fingerprint density at radius 2 is 1.94 bits per heavy atom. The smallest absolute Gasteiger partial charge is 0.224 e. The maximum absolute atomic E-state index is 12.8. The molecular formula is C26H37NO5S. The van der Waals surface area contributed by atoms with E-state index in [1.165, 1.54) is 6.42 Å². The lowest BCUT2D eigenvalue weighted by Crippen LogP contribution is -2.72. The van der Waals surface area contributed by atoms with Crippen LogP contribution < -0.4 is 5.32 Å². The van der Waals surface area contributed by atoms with Crippen LogP contribution in [0.5, 0.6) is 0 Å². The molecule has 1 aromatic carbocycles. The van der Waals surface area contributed by atoms with Gasteiger partial charge in [0.05, 0.1) is 5.60 Å². The summed E-state index contributed by atoms with van der Waals surface area (Å²) in [6.07, 6.45) is 6.65. The van der Waals surface area contributed by atoms with Crippen LogP contribution in [0.4, 0.5) is 5.69 Å². The zero-order chi connectivity index (χ0) is 23.4. The normalized spacial score (nSPS) is 44.1. The minimum atomic E-state index is -0.779. The standard InChI is InChI=1S/C26H37NO5S/c1-16-9-10-21-17(2)24(3,13-12-22(28)27-18-7-6-8-19(15-18)33-5)29-23-26(21)20(16)11-14-25(4,30-23)31-32-26/h6-8,15-17,20-21,23H,9-14H2,1-5H3,(H,27,28)/t16-,17-,20+,21+,23-,24?,25+,26-/m1/s1. The molecule has 4 saturated heterocycles. The van der Waals surface area contributed by atoms with Crippen molar-refractivity contribution in [1.29, 1.82) is 0 Å². The van der Waals surface area contributed by atoms with Gasteiger partial charge in [-0.3, -0.25) is 4.79 Å². The number of nitrogens with one attached hydrogen (secondary N) is 1. The first kappa shape index (κ1) is 23.6. The molecule has 1 amide bonds. The van der Waals surface area contributed by atoms with Gasteiger partial charge in [-0.25, -0.2) is 9.78 Å². The predicted octanol–water partition coefficient (Wildman–Crippen LogP) is 5.77. The Balaban J connectivity index is 1.34. The zero-order valence-corrected chi connectivity index (χ0v) is 21.2. The van der Waals surface area contributed by atoms with Crippen LogP contribution in [0.1, 0.15) is 66.2 Å². The van der Waals surface area contributed by atoms with E-state index in [0.29, 0.717) is 24.7 Å². The summed E-state index contributed by atoms with van der Waals surface area (Å²) in [5, 5.41) is 3.05. The molecule has 182 valence electrons. The van der Waals surface area contributed by atoms with Crippen molar-refractivity contribution in [2.75, 3.05) is 11.6 Å². The van der Waals surface area contributed by atoms with Crippen LogP contribution in [0, 0.1) is 23.7 Å². The average molecular weight is 476 g/mol. The number of thioether (sulfide) groups is 1. The fraction of sp³-hybridized carbons (Fsp3) is 0.731. The van der Waals surface area contributed by atoms with Gasteiger partial charge in [-0.1, -0.05) is 19.9 Å². The molecule has 1 aliphatic carbocycles. The molecule has 5 aliphatic rings. The first-order chi connectivity index (χ1) is 15.7. The van der Waals surface area contributed by atoms with Gasteiger partial charge in [-0.15, -0.1) is 11.8 Å². The van der Waals surface area contributed by atoms with Crippen molar-refractivity contribution in [1.82, 2.24) is 0 Å². The Labute approximate surface area is 201 Å². The van der Waals surface area contributed by atoms with E-state index in [-0.39, 0.29) is 17.7 Å². The van der Waals surface area contributed by atoms with Gasteiger partial charge in [0, 0.05) is 29.3 Å². The molecule has 6 nitrogen and oxygen atoms in total. The Morgan fingerprint density at radius 1 is 1.12 bits per heavy atom. The molecule has 4 heterocycles. The lowest BCUT2D eigenvalue weighted by molar-refractivity contribution is -0.576. The first-order valence-electron chi connectivity index (χ1n) is 12.4. The highest BCUT2D eigenvalue weighted by molar-refractivity contribution is 7.98. The van der Waals surface area contributed by atoms with Crippen LogP contribution in [0.3, 0.4) is 0 Å². The minimum Gasteiger partial charge on any atom is -0.343 e. The van der Waals surface area contributed by atoms with Crippen LogP contribution >= 0.6 is 11.8 Å². The minimum absolute atomic E-state index is 0.00978. The number of amides is 1. The van der Waals surface area contributed by atoms with E-state index in [1.807, 2.05) is 37.4 Å². The Morgan fingerprint density at radius 3 is 2.73 bits per heavy atom. The van der Waals surface area contributed by atoms with Gasteiger partial charge in [0.1, 0.15) is 0 Å². The monoisotopic (exact) mass is 475 g/mol. The van der Waals surface area contributed by atoms with Crippen molar-refractivity contribution in [2.24, 2.45) is 23.7 Å². The molecule has 7 heteroatoms. The van der Waals surface area contributed by atoms with Gasteiger partial charge in [0.2, 0.25) is 11.7 Å². The van der Waals surface area contributed by atoms with Crippen molar-refractivity contribution in [3.63, 3.8) is 0 Å². The number of carbonyl (C=O) groups excluding carboxylic acids is 1. The van der Waals surface area contributed by atoms with E-state index < -0.39 is 23.3 Å². The Bertz CT molecular complexity index is 912. The molecule has 1 unspecified atom stereocenters. The molecule has 5 fully saturated rings. The number of carbonyl (C=O) groups is 1. The highest BCUT2D eigenvalue weighted by atomic mass is 32.2. The van der Waals surface area contributed by atoms with Crippen LogP contribution in [-0.4, -0.2) is 35.4 Å².